The van der Waals surface area contributed by atoms with Crippen LogP contribution in [0.25, 0.3) is 0 Å². The number of methoxy groups -OCH3 is 1. The quantitative estimate of drug-likeness (QED) is 0.618. The van der Waals surface area contributed by atoms with Crippen LogP contribution in [0.15, 0.2) is 12.1 Å². The smallest absolute Gasteiger partial charge is 0.435 e. The molecule has 0 saturated carbocycles. The SMILES string of the molecule is COC(=O)CCCCCNc1ccc(C(F)(F)F)nn1. The van der Waals surface area contributed by atoms with E-state index in [1.807, 2.05) is 0 Å². The van der Waals surface area contributed by atoms with Gasteiger partial charge in [-0.3, -0.25) is 4.79 Å². The van der Waals surface area contributed by atoms with Crippen molar-refractivity contribution in [1.82, 2.24) is 10.2 Å². The van der Waals surface area contributed by atoms with Crippen LogP contribution in [0.4, 0.5) is 19.0 Å². The highest BCUT2D eigenvalue weighted by Gasteiger charge is 2.32. The Kier molecular flexibility index (Phi) is 6.20. The van der Waals surface area contributed by atoms with Crippen molar-refractivity contribution in [3.8, 4) is 0 Å². The zero-order chi connectivity index (χ0) is 15.0. The number of aromatic nitrogens is 2. The molecule has 0 fully saturated rings. The number of unbranched alkanes of at least 4 members (excludes halogenated alkanes) is 2. The number of nitrogens with zero attached hydrogens (tertiary/aromatic N) is 2. The summed E-state index contributed by atoms with van der Waals surface area (Å²) in [6, 6.07) is 2.12. The van der Waals surface area contributed by atoms with Gasteiger partial charge >= 0.3 is 12.1 Å². The number of alkyl halides is 3. The molecule has 1 rings (SSSR count). The first-order valence-electron chi connectivity index (χ1n) is 6.15. The Hall–Kier alpha value is -1.86. The summed E-state index contributed by atoms with van der Waals surface area (Å²) in [6.07, 6.45) is -1.79. The molecule has 1 aromatic heterocycles. The molecule has 0 spiro atoms. The summed E-state index contributed by atoms with van der Waals surface area (Å²) in [5.74, 6) is 0.0533. The molecule has 0 unspecified atom stereocenters. The van der Waals surface area contributed by atoms with Crippen molar-refractivity contribution >= 4 is 11.8 Å². The molecule has 1 heterocycles. The Balaban J connectivity index is 2.21. The van der Waals surface area contributed by atoms with E-state index in [4.69, 9.17) is 0 Å². The zero-order valence-electron chi connectivity index (χ0n) is 11.0. The first-order chi connectivity index (χ1) is 9.43. The number of hydrogen-bond donors (Lipinski definition) is 1. The molecular weight excluding hydrogens is 275 g/mol. The maximum Gasteiger partial charge on any atom is 0.435 e. The maximum absolute atomic E-state index is 12.2. The normalized spacial score (nSPS) is 11.2. The largest absolute Gasteiger partial charge is 0.469 e. The van der Waals surface area contributed by atoms with Gasteiger partial charge in [0.2, 0.25) is 0 Å². The highest BCUT2D eigenvalue weighted by Crippen LogP contribution is 2.26. The van der Waals surface area contributed by atoms with Crippen LogP contribution < -0.4 is 5.32 Å². The Morgan fingerprint density at radius 3 is 2.55 bits per heavy atom. The van der Waals surface area contributed by atoms with Crippen molar-refractivity contribution in [1.29, 1.82) is 0 Å². The van der Waals surface area contributed by atoms with Gasteiger partial charge in [0, 0.05) is 13.0 Å². The van der Waals surface area contributed by atoms with Crippen LogP contribution in [0.3, 0.4) is 0 Å². The summed E-state index contributed by atoms with van der Waals surface area (Å²) < 4.78 is 41.2. The van der Waals surface area contributed by atoms with E-state index in [1.54, 1.807) is 0 Å². The van der Waals surface area contributed by atoms with Gasteiger partial charge in [-0.2, -0.15) is 13.2 Å². The van der Waals surface area contributed by atoms with Gasteiger partial charge in [-0.1, -0.05) is 6.42 Å². The number of ether oxygens (including phenoxy) is 1. The van der Waals surface area contributed by atoms with Gasteiger partial charge in [0.1, 0.15) is 5.82 Å². The summed E-state index contributed by atoms with van der Waals surface area (Å²) in [5, 5.41) is 9.42. The van der Waals surface area contributed by atoms with Gasteiger partial charge in [-0.05, 0) is 25.0 Å². The molecule has 0 saturated heterocycles. The standard InChI is InChI=1S/C12H16F3N3O2/c1-20-11(19)5-3-2-4-8-16-10-7-6-9(17-18-10)12(13,14)15/h6-7H,2-5,8H2,1H3,(H,16,18). The fourth-order valence-electron chi connectivity index (χ4n) is 1.47. The fraction of sp³-hybridized carbons (Fsp3) is 0.583. The fourth-order valence-corrected chi connectivity index (χ4v) is 1.47. The molecule has 1 aromatic rings. The van der Waals surface area contributed by atoms with Crippen LogP contribution in [0, 0.1) is 0 Å². The van der Waals surface area contributed by atoms with E-state index in [2.05, 4.69) is 20.3 Å². The molecule has 0 radical (unpaired) electrons. The Bertz CT molecular complexity index is 421. The van der Waals surface area contributed by atoms with E-state index in [1.165, 1.54) is 13.2 Å². The predicted molar refractivity (Wildman–Crippen MR) is 66.0 cm³/mol. The van der Waals surface area contributed by atoms with Crippen LogP contribution in [-0.4, -0.2) is 29.8 Å². The lowest BCUT2D eigenvalue weighted by Crippen LogP contribution is -2.11. The lowest BCUT2D eigenvalue weighted by molar-refractivity contribution is -0.142. The second-order valence-corrected chi connectivity index (χ2v) is 4.12. The van der Waals surface area contributed by atoms with E-state index in [9.17, 15) is 18.0 Å². The number of nitrogens with one attached hydrogen (secondary N) is 1. The van der Waals surface area contributed by atoms with Crippen molar-refractivity contribution in [2.75, 3.05) is 19.0 Å². The molecule has 0 amide bonds. The van der Waals surface area contributed by atoms with Crippen molar-refractivity contribution < 1.29 is 22.7 Å². The van der Waals surface area contributed by atoms with Crippen molar-refractivity contribution in [2.24, 2.45) is 0 Å². The summed E-state index contributed by atoms with van der Waals surface area (Å²) in [5.41, 5.74) is -1.01. The molecular formula is C12H16F3N3O2. The third-order valence-electron chi connectivity index (χ3n) is 2.55. The van der Waals surface area contributed by atoms with E-state index >= 15 is 0 Å². The lowest BCUT2D eigenvalue weighted by Gasteiger charge is -2.07. The van der Waals surface area contributed by atoms with Gasteiger partial charge in [-0.25, -0.2) is 0 Å². The van der Waals surface area contributed by atoms with Crippen LogP contribution in [0.1, 0.15) is 31.4 Å². The Labute approximate surface area is 114 Å². The minimum Gasteiger partial charge on any atom is -0.469 e. The molecule has 0 atom stereocenters. The Morgan fingerprint density at radius 1 is 1.25 bits per heavy atom. The highest BCUT2D eigenvalue weighted by molar-refractivity contribution is 5.68. The molecule has 20 heavy (non-hydrogen) atoms. The summed E-state index contributed by atoms with van der Waals surface area (Å²) >= 11 is 0. The predicted octanol–water partition coefficient (Wildman–Crippen LogP) is 2.64. The highest BCUT2D eigenvalue weighted by atomic mass is 19.4. The molecule has 0 aliphatic heterocycles. The Morgan fingerprint density at radius 2 is 2.00 bits per heavy atom. The molecule has 0 aliphatic carbocycles. The molecule has 1 N–H and O–H groups in total. The minimum atomic E-state index is -4.47. The molecule has 112 valence electrons. The average molecular weight is 291 g/mol. The van der Waals surface area contributed by atoms with Crippen LogP contribution in [0.5, 0.6) is 0 Å². The summed E-state index contributed by atoms with van der Waals surface area (Å²) in [4.78, 5) is 10.8. The van der Waals surface area contributed by atoms with Gasteiger partial charge in [-0.15, -0.1) is 10.2 Å². The van der Waals surface area contributed by atoms with Crippen molar-refractivity contribution in [3.63, 3.8) is 0 Å². The number of halogens is 3. The number of anilines is 1. The van der Waals surface area contributed by atoms with Gasteiger partial charge in [0.15, 0.2) is 5.69 Å². The number of carbonyl (C=O) groups is 1. The lowest BCUT2D eigenvalue weighted by atomic mass is 10.2. The molecule has 0 aliphatic rings. The van der Waals surface area contributed by atoms with Gasteiger partial charge in [0.25, 0.3) is 0 Å². The summed E-state index contributed by atoms with van der Waals surface area (Å²) in [7, 11) is 1.34. The number of hydrogen-bond acceptors (Lipinski definition) is 5. The summed E-state index contributed by atoms with van der Waals surface area (Å²) in [6.45, 7) is 0.557. The third-order valence-corrected chi connectivity index (χ3v) is 2.55. The van der Waals surface area contributed by atoms with Crippen molar-refractivity contribution in [3.05, 3.63) is 17.8 Å². The zero-order valence-corrected chi connectivity index (χ0v) is 11.0. The van der Waals surface area contributed by atoms with E-state index in [0.717, 1.165) is 18.9 Å². The van der Waals surface area contributed by atoms with Gasteiger partial charge < -0.3 is 10.1 Å². The molecule has 8 heteroatoms. The topological polar surface area (TPSA) is 64.1 Å². The first kappa shape index (κ1) is 16.2. The number of esters is 1. The van der Waals surface area contributed by atoms with E-state index in [0.29, 0.717) is 25.2 Å². The molecule has 5 nitrogen and oxygen atoms in total. The monoisotopic (exact) mass is 291 g/mol. The van der Waals surface area contributed by atoms with Gasteiger partial charge in [0.05, 0.1) is 7.11 Å². The molecule has 0 aromatic carbocycles. The maximum atomic E-state index is 12.2. The number of carbonyl (C=O) groups excluding carboxylic acids is 1. The average Bonchev–Trinajstić information content (AvgIpc) is 2.41. The molecule has 0 bridgehead atoms. The minimum absolute atomic E-state index is 0.244. The van der Waals surface area contributed by atoms with Crippen LogP contribution in [-0.2, 0) is 15.7 Å². The van der Waals surface area contributed by atoms with Crippen molar-refractivity contribution in [2.45, 2.75) is 31.9 Å². The van der Waals surface area contributed by atoms with E-state index < -0.39 is 11.9 Å². The second kappa shape index (κ2) is 7.66. The second-order valence-electron chi connectivity index (χ2n) is 4.12. The first-order valence-corrected chi connectivity index (χ1v) is 6.15. The number of rotatable bonds is 7. The van der Waals surface area contributed by atoms with Crippen LogP contribution >= 0.6 is 0 Å². The third kappa shape index (κ3) is 5.85. The van der Waals surface area contributed by atoms with E-state index in [-0.39, 0.29) is 5.97 Å². The van der Waals surface area contributed by atoms with Crippen LogP contribution in [0.2, 0.25) is 0 Å².